The van der Waals surface area contributed by atoms with Gasteiger partial charge in [0.1, 0.15) is 0 Å². The molecule has 0 aromatic carbocycles. The van der Waals surface area contributed by atoms with Crippen LogP contribution in [0.3, 0.4) is 0 Å². The van der Waals surface area contributed by atoms with Gasteiger partial charge >= 0.3 is 6.18 Å². The van der Waals surface area contributed by atoms with Crippen molar-refractivity contribution in [1.82, 2.24) is 10.2 Å². The van der Waals surface area contributed by atoms with Gasteiger partial charge in [0.15, 0.2) is 0 Å². The molecule has 1 aliphatic heterocycles. The van der Waals surface area contributed by atoms with Crippen LogP contribution in [0.2, 0.25) is 0 Å². The monoisotopic (exact) mass is 280 g/mol. The number of halogens is 3. The van der Waals surface area contributed by atoms with Gasteiger partial charge in [-0.2, -0.15) is 13.2 Å². The topological polar surface area (TPSA) is 15.3 Å². The van der Waals surface area contributed by atoms with Crippen molar-refractivity contribution < 1.29 is 13.2 Å². The average molecular weight is 280 g/mol. The molecule has 1 heterocycles. The summed E-state index contributed by atoms with van der Waals surface area (Å²) in [4.78, 5) is 2.06. The Kier molecular flexibility index (Phi) is 6.12. The molecule has 114 valence electrons. The lowest BCUT2D eigenvalue weighted by Gasteiger charge is -2.45. The van der Waals surface area contributed by atoms with Crippen LogP contribution in [0.4, 0.5) is 13.2 Å². The zero-order valence-electron chi connectivity index (χ0n) is 12.4. The molecular formula is C14H27F3N2. The number of piperazine rings is 1. The zero-order valence-corrected chi connectivity index (χ0v) is 12.4. The second-order valence-corrected chi connectivity index (χ2v) is 6.07. The molecule has 1 rings (SSSR count). The van der Waals surface area contributed by atoms with E-state index in [0.717, 1.165) is 25.9 Å². The van der Waals surface area contributed by atoms with E-state index in [9.17, 15) is 13.2 Å². The van der Waals surface area contributed by atoms with Crippen LogP contribution in [0.5, 0.6) is 0 Å². The fourth-order valence-corrected chi connectivity index (χ4v) is 2.98. The smallest absolute Gasteiger partial charge is 0.311 e. The van der Waals surface area contributed by atoms with Crippen molar-refractivity contribution in [1.29, 1.82) is 0 Å². The third kappa shape index (κ3) is 5.30. The maximum absolute atomic E-state index is 12.6. The summed E-state index contributed by atoms with van der Waals surface area (Å²) in [5.41, 5.74) is 0. The van der Waals surface area contributed by atoms with E-state index < -0.39 is 18.6 Å². The van der Waals surface area contributed by atoms with E-state index in [4.69, 9.17) is 0 Å². The van der Waals surface area contributed by atoms with Crippen molar-refractivity contribution in [3.8, 4) is 0 Å². The summed E-state index contributed by atoms with van der Waals surface area (Å²) in [6.07, 6.45) is -2.70. The number of hydrogen-bond donors (Lipinski definition) is 1. The minimum absolute atomic E-state index is 0.199. The summed E-state index contributed by atoms with van der Waals surface area (Å²) < 4.78 is 37.8. The van der Waals surface area contributed by atoms with Gasteiger partial charge < -0.3 is 5.32 Å². The van der Waals surface area contributed by atoms with Crippen LogP contribution in [-0.2, 0) is 0 Å². The molecule has 0 aromatic heterocycles. The molecule has 0 aliphatic carbocycles. The van der Waals surface area contributed by atoms with Gasteiger partial charge in [-0.05, 0) is 19.3 Å². The first-order valence-corrected chi connectivity index (χ1v) is 7.30. The molecular weight excluding hydrogens is 253 g/mol. The Morgan fingerprint density at radius 2 is 1.89 bits per heavy atom. The second-order valence-electron chi connectivity index (χ2n) is 6.07. The van der Waals surface area contributed by atoms with Crippen LogP contribution in [0.25, 0.3) is 0 Å². The molecule has 3 unspecified atom stereocenters. The quantitative estimate of drug-likeness (QED) is 0.830. The van der Waals surface area contributed by atoms with Crippen molar-refractivity contribution in [2.45, 2.75) is 71.3 Å². The van der Waals surface area contributed by atoms with E-state index in [1.807, 2.05) is 0 Å². The maximum Gasteiger partial charge on any atom is 0.390 e. The molecule has 1 saturated heterocycles. The van der Waals surface area contributed by atoms with E-state index in [1.165, 1.54) is 0 Å². The molecule has 0 saturated carbocycles. The van der Waals surface area contributed by atoms with Crippen LogP contribution >= 0.6 is 0 Å². The predicted molar refractivity (Wildman–Crippen MR) is 72.2 cm³/mol. The standard InChI is InChI=1S/C14H27F3N2/c1-5-6-12-9-19(11(4)7-14(15,16)17)13(8-18-12)10(2)3/h10-13,18H,5-9H2,1-4H3. The number of alkyl halides is 3. The Morgan fingerprint density at radius 1 is 1.26 bits per heavy atom. The molecule has 0 aromatic rings. The van der Waals surface area contributed by atoms with E-state index >= 15 is 0 Å². The summed E-state index contributed by atoms with van der Waals surface area (Å²) in [5, 5.41) is 3.48. The molecule has 1 fully saturated rings. The summed E-state index contributed by atoms with van der Waals surface area (Å²) in [5.74, 6) is 0.366. The van der Waals surface area contributed by atoms with Crippen molar-refractivity contribution in [2.24, 2.45) is 5.92 Å². The van der Waals surface area contributed by atoms with Gasteiger partial charge in [-0.25, -0.2) is 0 Å². The first-order chi connectivity index (χ1) is 8.74. The molecule has 2 nitrogen and oxygen atoms in total. The molecule has 3 atom stereocenters. The molecule has 0 spiro atoms. The Morgan fingerprint density at radius 3 is 2.37 bits per heavy atom. The van der Waals surface area contributed by atoms with E-state index in [1.54, 1.807) is 6.92 Å². The van der Waals surface area contributed by atoms with Crippen LogP contribution < -0.4 is 5.32 Å². The SMILES string of the molecule is CCCC1CN(C(C)CC(F)(F)F)C(C(C)C)CN1. The van der Waals surface area contributed by atoms with Crippen molar-refractivity contribution >= 4 is 0 Å². The number of nitrogens with one attached hydrogen (secondary N) is 1. The van der Waals surface area contributed by atoms with Crippen molar-refractivity contribution in [2.75, 3.05) is 13.1 Å². The van der Waals surface area contributed by atoms with Crippen LogP contribution in [0.1, 0.15) is 47.0 Å². The first kappa shape index (κ1) is 16.8. The molecule has 1 N–H and O–H groups in total. The Hall–Kier alpha value is -0.290. The highest BCUT2D eigenvalue weighted by Gasteiger charge is 2.38. The molecule has 1 aliphatic rings. The number of rotatable bonds is 5. The largest absolute Gasteiger partial charge is 0.390 e. The fourth-order valence-electron chi connectivity index (χ4n) is 2.98. The minimum Gasteiger partial charge on any atom is -0.311 e. The average Bonchev–Trinajstić information content (AvgIpc) is 2.26. The second kappa shape index (κ2) is 6.93. The normalized spacial score (nSPS) is 27.8. The summed E-state index contributed by atoms with van der Waals surface area (Å²) in [6, 6.07) is 0.0926. The summed E-state index contributed by atoms with van der Waals surface area (Å²) in [7, 11) is 0. The van der Waals surface area contributed by atoms with Gasteiger partial charge in [-0.3, -0.25) is 4.90 Å². The molecule has 5 heteroatoms. The third-order valence-electron chi connectivity index (χ3n) is 3.97. The highest BCUT2D eigenvalue weighted by Crippen LogP contribution is 2.28. The van der Waals surface area contributed by atoms with Gasteiger partial charge in [0, 0.05) is 31.2 Å². The Labute approximate surface area is 114 Å². The summed E-state index contributed by atoms with van der Waals surface area (Å²) in [6.45, 7) is 9.51. The number of hydrogen-bond acceptors (Lipinski definition) is 2. The molecule has 0 radical (unpaired) electrons. The first-order valence-electron chi connectivity index (χ1n) is 7.30. The highest BCUT2D eigenvalue weighted by atomic mass is 19.4. The lowest BCUT2D eigenvalue weighted by atomic mass is 9.94. The van der Waals surface area contributed by atoms with Crippen molar-refractivity contribution in [3.05, 3.63) is 0 Å². The van der Waals surface area contributed by atoms with Gasteiger partial charge in [0.05, 0.1) is 6.42 Å². The van der Waals surface area contributed by atoms with Crippen LogP contribution in [-0.4, -0.2) is 42.3 Å². The summed E-state index contributed by atoms with van der Waals surface area (Å²) >= 11 is 0. The highest BCUT2D eigenvalue weighted by molar-refractivity contribution is 4.90. The van der Waals surface area contributed by atoms with Gasteiger partial charge in [-0.15, -0.1) is 0 Å². The minimum atomic E-state index is -4.08. The Bertz CT molecular complexity index is 266. The zero-order chi connectivity index (χ0) is 14.6. The van der Waals surface area contributed by atoms with E-state index in [-0.39, 0.29) is 6.04 Å². The predicted octanol–water partition coefficient (Wildman–Crippen LogP) is 3.43. The molecule has 0 bridgehead atoms. The van der Waals surface area contributed by atoms with E-state index in [0.29, 0.717) is 12.0 Å². The lowest BCUT2D eigenvalue weighted by molar-refractivity contribution is -0.150. The number of nitrogens with zero attached hydrogens (tertiary/aromatic N) is 1. The maximum atomic E-state index is 12.6. The lowest BCUT2D eigenvalue weighted by Crippen LogP contribution is -2.61. The fraction of sp³-hybridized carbons (Fsp3) is 1.00. The van der Waals surface area contributed by atoms with Gasteiger partial charge in [0.2, 0.25) is 0 Å². The van der Waals surface area contributed by atoms with Gasteiger partial charge in [0.25, 0.3) is 0 Å². The third-order valence-corrected chi connectivity index (χ3v) is 3.97. The van der Waals surface area contributed by atoms with Crippen LogP contribution in [0.15, 0.2) is 0 Å². The van der Waals surface area contributed by atoms with Gasteiger partial charge in [-0.1, -0.05) is 27.2 Å². The van der Waals surface area contributed by atoms with E-state index in [2.05, 4.69) is 31.0 Å². The van der Waals surface area contributed by atoms with Crippen molar-refractivity contribution in [3.63, 3.8) is 0 Å². The molecule has 19 heavy (non-hydrogen) atoms. The molecule has 0 amide bonds. The van der Waals surface area contributed by atoms with Crippen LogP contribution in [0, 0.1) is 5.92 Å². The Balaban J connectivity index is 2.70.